The van der Waals surface area contributed by atoms with Crippen LogP contribution in [0.1, 0.15) is 10.4 Å². The van der Waals surface area contributed by atoms with Gasteiger partial charge in [-0.1, -0.05) is 0 Å². The van der Waals surface area contributed by atoms with Gasteiger partial charge < -0.3 is 20.5 Å². The summed E-state index contributed by atoms with van der Waals surface area (Å²) in [5, 5.41) is 5.89. The number of hydrogen-bond acceptors (Lipinski definition) is 4. The highest BCUT2D eigenvalue weighted by Crippen LogP contribution is 2.17. The van der Waals surface area contributed by atoms with Crippen LogP contribution in [0, 0.1) is 5.82 Å². The molecule has 0 unspecified atom stereocenters. The molecule has 3 N–H and O–H groups in total. The molecule has 1 atom stereocenters. The number of benzene rings is 2. The molecule has 4 rings (SSSR count). The van der Waals surface area contributed by atoms with Crippen molar-refractivity contribution in [3.05, 3.63) is 60.2 Å². The molecule has 27 heavy (non-hydrogen) atoms. The van der Waals surface area contributed by atoms with Gasteiger partial charge in [0.05, 0.1) is 17.4 Å². The number of fused-ring (bicyclic) bond motifs is 1. The van der Waals surface area contributed by atoms with Crippen LogP contribution < -0.4 is 10.6 Å². The molecule has 0 bridgehead atoms. The second-order valence-electron chi connectivity index (χ2n) is 6.35. The van der Waals surface area contributed by atoms with Crippen LogP contribution in [-0.2, 0) is 4.79 Å². The third-order valence-electron chi connectivity index (χ3n) is 4.59. The van der Waals surface area contributed by atoms with Gasteiger partial charge in [-0.05, 0) is 42.5 Å². The summed E-state index contributed by atoms with van der Waals surface area (Å²) >= 11 is 0. The number of imidazole rings is 1. The summed E-state index contributed by atoms with van der Waals surface area (Å²) in [6.07, 6.45) is 1.57. The van der Waals surface area contributed by atoms with Crippen LogP contribution in [0.15, 0.2) is 48.8 Å². The Bertz CT molecular complexity index is 985. The molecule has 1 aliphatic heterocycles. The summed E-state index contributed by atoms with van der Waals surface area (Å²) < 4.78 is 13.0. The Morgan fingerprint density at radius 2 is 2.00 bits per heavy atom. The second kappa shape index (κ2) is 7.16. The fraction of sp³-hybridized carbons (Fsp3) is 0.211. The molecule has 7 nitrogen and oxygen atoms in total. The van der Waals surface area contributed by atoms with Crippen molar-refractivity contribution >= 4 is 28.5 Å². The van der Waals surface area contributed by atoms with E-state index in [0.29, 0.717) is 30.9 Å². The zero-order valence-electron chi connectivity index (χ0n) is 14.4. The Morgan fingerprint density at radius 3 is 2.81 bits per heavy atom. The van der Waals surface area contributed by atoms with Crippen LogP contribution in [0.5, 0.6) is 0 Å². The highest BCUT2D eigenvalue weighted by molar-refractivity contribution is 6.02. The lowest BCUT2D eigenvalue weighted by Gasteiger charge is -2.35. The number of rotatable bonds is 3. The van der Waals surface area contributed by atoms with Crippen LogP contribution >= 0.6 is 0 Å². The van der Waals surface area contributed by atoms with Crippen molar-refractivity contribution in [1.82, 2.24) is 20.2 Å². The summed E-state index contributed by atoms with van der Waals surface area (Å²) in [5.41, 5.74) is 2.52. The smallest absolute Gasteiger partial charge is 0.254 e. The van der Waals surface area contributed by atoms with Crippen molar-refractivity contribution in [3.63, 3.8) is 0 Å². The van der Waals surface area contributed by atoms with Gasteiger partial charge in [0.1, 0.15) is 11.9 Å². The average Bonchev–Trinajstić information content (AvgIpc) is 3.17. The van der Waals surface area contributed by atoms with E-state index >= 15 is 0 Å². The van der Waals surface area contributed by atoms with Crippen molar-refractivity contribution < 1.29 is 14.0 Å². The number of aromatic nitrogens is 2. The molecule has 138 valence electrons. The number of H-pyrrole nitrogens is 1. The van der Waals surface area contributed by atoms with E-state index in [2.05, 4.69) is 20.6 Å². The van der Waals surface area contributed by atoms with Crippen LogP contribution in [-0.4, -0.2) is 52.4 Å². The normalized spacial score (nSPS) is 17.1. The van der Waals surface area contributed by atoms with E-state index in [1.807, 2.05) is 0 Å². The minimum Gasteiger partial charge on any atom is -0.345 e. The maximum absolute atomic E-state index is 13.0. The Labute approximate surface area is 154 Å². The van der Waals surface area contributed by atoms with Crippen LogP contribution in [0.25, 0.3) is 11.0 Å². The third-order valence-corrected chi connectivity index (χ3v) is 4.59. The predicted octanol–water partition coefficient (Wildman–Crippen LogP) is 1.75. The van der Waals surface area contributed by atoms with Crippen molar-refractivity contribution in [2.75, 3.05) is 25.0 Å². The zero-order valence-corrected chi connectivity index (χ0v) is 14.4. The maximum Gasteiger partial charge on any atom is 0.254 e. The van der Waals surface area contributed by atoms with Gasteiger partial charge in [0.25, 0.3) is 5.91 Å². The standard InChI is InChI=1S/C19H18FN5O2/c20-13-2-4-14(5-3-13)24-18(26)17-10-21-7-8-25(17)19(27)12-1-6-15-16(9-12)23-11-22-15/h1-6,9,11,17,21H,7-8,10H2,(H,22,23)(H,24,26)/t17-/m1/s1. The Balaban J connectivity index is 1.54. The lowest BCUT2D eigenvalue weighted by atomic mass is 10.1. The zero-order chi connectivity index (χ0) is 18.8. The molecule has 2 heterocycles. The topological polar surface area (TPSA) is 90.1 Å². The fourth-order valence-corrected chi connectivity index (χ4v) is 3.17. The van der Waals surface area contributed by atoms with E-state index in [9.17, 15) is 14.0 Å². The molecule has 0 spiro atoms. The lowest BCUT2D eigenvalue weighted by Crippen LogP contribution is -2.58. The number of nitrogens with zero attached hydrogens (tertiary/aromatic N) is 2. The minimum atomic E-state index is -0.659. The highest BCUT2D eigenvalue weighted by Gasteiger charge is 2.32. The monoisotopic (exact) mass is 367 g/mol. The van der Waals surface area contributed by atoms with E-state index in [4.69, 9.17) is 0 Å². The Hall–Kier alpha value is -3.26. The van der Waals surface area contributed by atoms with E-state index in [1.165, 1.54) is 24.3 Å². The third kappa shape index (κ3) is 3.52. The number of hydrogen-bond donors (Lipinski definition) is 3. The molecule has 2 amide bonds. The van der Waals surface area contributed by atoms with Crippen LogP contribution in [0.2, 0.25) is 0 Å². The van der Waals surface area contributed by atoms with Crippen molar-refractivity contribution in [2.45, 2.75) is 6.04 Å². The van der Waals surface area contributed by atoms with Gasteiger partial charge in [0, 0.05) is 30.9 Å². The number of carbonyl (C=O) groups excluding carboxylic acids is 2. The van der Waals surface area contributed by atoms with E-state index in [-0.39, 0.29) is 17.6 Å². The van der Waals surface area contributed by atoms with Gasteiger partial charge in [-0.2, -0.15) is 0 Å². The van der Waals surface area contributed by atoms with Crippen molar-refractivity contribution in [1.29, 1.82) is 0 Å². The van der Waals surface area contributed by atoms with Gasteiger partial charge in [-0.15, -0.1) is 0 Å². The molecule has 1 fully saturated rings. The number of amides is 2. The lowest BCUT2D eigenvalue weighted by molar-refractivity contribution is -0.121. The maximum atomic E-state index is 13.0. The molecule has 1 saturated heterocycles. The molecule has 0 saturated carbocycles. The average molecular weight is 367 g/mol. The molecule has 3 aromatic rings. The first-order chi connectivity index (χ1) is 13.1. The van der Waals surface area contributed by atoms with E-state index in [1.54, 1.807) is 29.4 Å². The van der Waals surface area contributed by atoms with Gasteiger partial charge in [-0.3, -0.25) is 9.59 Å². The quantitative estimate of drug-likeness (QED) is 0.658. The largest absolute Gasteiger partial charge is 0.345 e. The van der Waals surface area contributed by atoms with Gasteiger partial charge in [-0.25, -0.2) is 9.37 Å². The first-order valence-electron chi connectivity index (χ1n) is 8.63. The van der Waals surface area contributed by atoms with E-state index in [0.717, 1.165) is 11.0 Å². The molecular formula is C19H18FN5O2. The SMILES string of the molecule is O=C(Nc1ccc(F)cc1)[C@H]1CNCCN1C(=O)c1ccc2nc[nH]c2c1. The number of aromatic amines is 1. The van der Waals surface area contributed by atoms with Gasteiger partial charge in [0.2, 0.25) is 5.91 Å². The summed E-state index contributed by atoms with van der Waals surface area (Å²) in [7, 11) is 0. The number of halogens is 1. The number of anilines is 1. The summed E-state index contributed by atoms with van der Waals surface area (Å²) in [5.74, 6) is -0.907. The molecule has 0 aliphatic carbocycles. The van der Waals surface area contributed by atoms with Gasteiger partial charge in [0.15, 0.2) is 0 Å². The van der Waals surface area contributed by atoms with Crippen molar-refractivity contribution in [2.24, 2.45) is 0 Å². The fourth-order valence-electron chi connectivity index (χ4n) is 3.17. The Kier molecular flexibility index (Phi) is 4.55. The molecule has 2 aromatic carbocycles. The number of nitrogens with one attached hydrogen (secondary N) is 3. The first-order valence-corrected chi connectivity index (χ1v) is 8.63. The number of piperazine rings is 1. The summed E-state index contributed by atoms with van der Waals surface area (Å²) in [4.78, 5) is 34.4. The van der Waals surface area contributed by atoms with Crippen molar-refractivity contribution in [3.8, 4) is 0 Å². The first kappa shape index (κ1) is 17.2. The molecule has 0 radical (unpaired) electrons. The molecule has 8 heteroatoms. The minimum absolute atomic E-state index is 0.216. The van der Waals surface area contributed by atoms with Crippen LogP contribution in [0.3, 0.4) is 0 Å². The summed E-state index contributed by atoms with van der Waals surface area (Å²) in [6.45, 7) is 1.38. The van der Waals surface area contributed by atoms with E-state index < -0.39 is 6.04 Å². The highest BCUT2D eigenvalue weighted by atomic mass is 19.1. The molecule has 1 aliphatic rings. The van der Waals surface area contributed by atoms with Gasteiger partial charge >= 0.3 is 0 Å². The Morgan fingerprint density at radius 1 is 1.19 bits per heavy atom. The predicted molar refractivity (Wildman–Crippen MR) is 98.8 cm³/mol. The second-order valence-corrected chi connectivity index (χ2v) is 6.35. The molecule has 1 aromatic heterocycles. The molecular weight excluding hydrogens is 349 g/mol. The van der Waals surface area contributed by atoms with Crippen LogP contribution in [0.4, 0.5) is 10.1 Å². The number of carbonyl (C=O) groups is 2. The summed E-state index contributed by atoms with van der Waals surface area (Å²) in [6, 6.07) is 10.1.